The summed E-state index contributed by atoms with van der Waals surface area (Å²) in [5.41, 5.74) is 5.29. The molecule has 2 nitrogen and oxygen atoms in total. The van der Waals surface area contributed by atoms with Gasteiger partial charge in [-0.1, -0.05) is 68.0 Å². The van der Waals surface area contributed by atoms with Crippen molar-refractivity contribution in [2.45, 2.75) is 33.7 Å². The maximum Gasteiger partial charge on any atom is 0.0456 e. The van der Waals surface area contributed by atoms with Crippen LogP contribution in [0.2, 0.25) is 0 Å². The third kappa shape index (κ3) is 5.33. The summed E-state index contributed by atoms with van der Waals surface area (Å²) in [5, 5.41) is 1.33. The number of fused-ring (bicyclic) bond motifs is 1. The van der Waals surface area contributed by atoms with Crippen LogP contribution in [0.15, 0.2) is 67.4 Å². The molecule has 3 aromatic rings. The largest absolute Gasteiger partial charge is 0.361 e. The van der Waals surface area contributed by atoms with Gasteiger partial charge in [-0.3, -0.25) is 4.90 Å². The fourth-order valence-electron chi connectivity index (χ4n) is 3.10. The first kappa shape index (κ1) is 19.0. The molecule has 0 atom stereocenters. The standard InChI is InChI=1S/C21H24N2.C2H6/c1-3-12-23(16-18-8-6-7-17(2)14-18)13-11-19-15-22-21-10-5-4-9-20(19)21;1-2/h3-10,14-15,22H,1,11-13,16H2,2H3;1-2H3. The van der Waals surface area contributed by atoms with Gasteiger partial charge in [0.1, 0.15) is 0 Å². The maximum absolute atomic E-state index is 3.91. The lowest BCUT2D eigenvalue weighted by Crippen LogP contribution is -2.25. The van der Waals surface area contributed by atoms with Gasteiger partial charge < -0.3 is 4.98 Å². The molecule has 3 rings (SSSR count). The molecule has 0 saturated heterocycles. The zero-order valence-electron chi connectivity index (χ0n) is 15.8. The number of H-pyrrole nitrogens is 1. The van der Waals surface area contributed by atoms with Gasteiger partial charge in [0.25, 0.3) is 0 Å². The first-order valence-corrected chi connectivity index (χ1v) is 9.20. The SMILES string of the molecule is C=CCN(CCc1c[nH]c2ccccc12)Cc1cccc(C)c1.CC. The number of nitrogens with one attached hydrogen (secondary N) is 1. The van der Waals surface area contributed by atoms with Crippen molar-refractivity contribution in [2.75, 3.05) is 13.1 Å². The van der Waals surface area contributed by atoms with Crippen LogP contribution in [0, 0.1) is 6.92 Å². The van der Waals surface area contributed by atoms with Gasteiger partial charge in [0, 0.05) is 36.7 Å². The van der Waals surface area contributed by atoms with Crippen LogP contribution < -0.4 is 0 Å². The molecule has 0 bridgehead atoms. The lowest BCUT2D eigenvalue weighted by atomic mass is 10.1. The van der Waals surface area contributed by atoms with Crippen LogP contribution in [-0.2, 0) is 13.0 Å². The highest BCUT2D eigenvalue weighted by atomic mass is 15.1. The van der Waals surface area contributed by atoms with Crippen molar-refractivity contribution in [3.8, 4) is 0 Å². The van der Waals surface area contributed by atoms with Gasteiger partial charge in [-0.15, -0.1) is 6.58 Å². The summed E-state index contributed by atoms with van der Waals surface area (Å²) in [5.74, 6) is 0. The maximum atomic E-state index is 3.91. The first-order chi connectivity index (χ1) is 12.3. The monoisotopic (exact) mass is 334 g/mol. The number of hydrogen-bond acceptors (Lipinski definition) is 1. The molecule has 1 N–H and O–H groups in total. The summed E-state index contributed by atoms with van der Waals surface area (Å²) in [7, 11) is 0. The summed E-state index contributed by atoms with van der Waals surface area (Å²) >= 11 is 0. The smallest absolute Gasteiger partial charge is 0.0456 e. The highest BCUT2D eigenvalue weighted by Gasteiger charge is 2.08. The number of aromatic amines is 1. The van der Waals surface area contributed by atoms with Gasteiger partial charge in [-0.25, -0.2) is 0 Å². The van der Waals surface area contributed by atoms with Crippen LogP contribution >= 0.6 is 0 Å². The van der Waals surface area contributed by atoms with Crippen LogP contribution in [0.25, 0.3) is 10.9 Å². The first-order valence-electron chi connectivity index (χ1n) is 9.20. The molecule has 0 fully saturated rings. The second kappa shape index (κ2) is 9.85. The van der Waals surface area contributed by atoms with E-state index in [9.17, 15) is 0 Å². The number of aryl methyl sites for hydroxylation is 1. The van der Waals surface area contributed by atoms with Crippen molar-refractivity contribution in [3.63, 3.8) is 0 Å². The topological polar surface area (TPSA) is 19.0 Å². The fraction of sp³-hybridized carbons (Fsp3) is 0.304. The Balaban J connectivity index is 0.00000109. The van der Waals surface area contributed by atoms with Gasteiger partial charge in [-0.05, 0) is 30.5 Å². The summed E-state index contributed by atoms with van der Waals surface area (Å²) in [6.07, 6.45) is 5.18. The predicted octanol–water partition coefficient (Wildman–Crippen LogP) is 5.73. The van der Waals surface area contributed by atoms with Crippen molar-refractivity contribution >= 4 is 10.9 Å². The minimum atomic E-state index is 0.913. The molecule has 0 unspecified atom stereocenters. The Morgan fingerprint density at radius 2 is 1.88 bits per heavy atom. The Kier molecular flexibility index (Phi) is 7.49. The highest BCUT2D eigenvalue weighted by molar-refractivity contribution is 5.83. The van der Waals surface area contributed by atoms with E-state index >= 15 is 0 Å². The van der Waals surface area contributed by atoms with E-state index in [1.807, 2.05) is 19.9 Å². The molecule has 1 heterocycles. The van der Waals surface area contributed by atoms with Crippen molar-refractivity contribution in [3.05, 3.63) is 84.1 Å². The number of nitrogens with zero attached hydrogens (tertiary/aromatic N) is 1. The summed E-state index contributed by atoms with van der Waals surface area (Å²) in [4.78, 5) is 5.81. The van der Waals surface area contributed by atoms with Crippen molar-refractivity contribution in [2.24, 2.45) is 0 Å². The van der Waals surface area contributed by atoms with E-state index in [1.54, 1.807) is 0 Å². The fourth-order valence-corrected chi connectivity index (χ4v) is 3.10. The second-order valence-electron chi connectivity index (χ2n) is 6.12. The summed E-state index contributed by atoms with van der Waals surface area (Å²) in [6.45, 7) is 13.0. The molecule has 0 amide bonds. The van der Waals surface area contributed by atoms with Crippen LogP contribution in [0.4, 0.5) is 0 Å². The molecule has 0 aliphatic rings. The number of aromatic nitrogens is 1. The third-order valence-electron chi connectivity index (χ3n) is 4.25. The molecule has 25 heavy (non-hydrogen) atoms. The van der Waals surface area contributed by atoms with E-state index in [0.29, 0.717) is 0 Å². The average molecular weight is 335 g/mol. The van der Waals surface area contributed by atoms with Crippen molar-refractivity contribution < 1.29 is 0 Å². The minimum absolute atomic E-state index is 0.913. The van der Waals surface area contributed by atoms with E-state index in [0.717, 1.165) is 26.1 Å². The minimum Gasteiger partial charge on any atom is -0.361 e. The van der Waals surface area contributed by atoms with Gasteiger partial charge >= 0.3 is 0 Å². The Bertz CT molecular complexity index is 785. The quantitative estimate of drug-likeness (QED) is 0.546. The molecule has 0 radical (unpaired) electrons. The van der Waals surface area contributed by atoms with Gasteiger partial charge in [0.15, 0.2) is 0 Å². The highest BCUT2D eigenvalue weighted by Crippen LogP contribution is 2.18. The lowest BCUT2D eigenvalue weighted by Gasteiger charge is -2.21. The molecule has 1 aromatic heterocycles. The molecule has 132 valence electrons. The zero-order chi connectivity index (χ0) is 18.1. The Morgan fingerprint density at radius 3 is 2.64 bits per heavy atom. The van der Waals surface area contributed by atoms with Crippen molar-refractivity contribution in [1.82, 2.24) is 9.88 Å². The molecule has 2 heteroatoms. The molecular formula is C23H30N2. The van der Waals surface area contributed by atoms with Crippen LogP contribution in [0.3, 0.4) is 0 Å². The van der Waals surface area contributed by atoms with E-state index < -0.39 is 0 Å². The summed E-state index contributed by atoms with van der Waals surface area (Å²) in [6, 6.07) is 17.3. The van der Waals surface area contributed by atoms with Gasteiger partial charge in [0.05, 0.1) is 0 Å². The average Bonchev–Trinajstić information content (AvgIpc) is 3.05. The number of hydrogen-bond donors (Lipinski definition) is 1. The molecular weight excluding hydrogens is 304 g/mol. The van der Waals surface area contributed by atoms with E-state index in [4.69, 9.17) is 0 Å². The van der Waals surface area contributed by atoms with E-state index in [2.05, 4.69) is 78.1 Å². The number of benzene rings is 2. The Morgan fingerprint density at radius 1 is 1.08 bits per heavy atom. The third-order valence-corrected chi connectivity index (χ3v) is 4.25. The van der Waals surface area contributed by atoms with Crippen molar-refractivity contribution in [1.29, 1.82) is 0 Å². The number of rotatable bonds is 7. The molecule has 0 aliphatic heterocycles. The second-order valence-corrected chi connectivity index (χ2v) is 6.12. The van der Waals surface area contributed by atoms with Crippen LogP contribution in [0.1, 0.15) is 30.5 Å². The molecule has 0 aliphatic carbocycles. The van der Waals surface area contributed by atoms with Gasteiger partial charge in [0.2, 0.25) is 0 Å². The van der Waals surface area contributed by atoms with Crippen LogP contribution in [0.5, 0.6) is 0 Å². The predicted molar refractivity (Wildman–Crippen MR) is 110 cm³/mol. The lowest BCUT2D eigenvalue weighted by molar-refractivity contribution is 0.298. The molecule has 0 spiro atoms. The molecule has 0 saturated carbocycles. The van der Waals surface area contributed by atoms with E-state index in [-0.39, 0.29) is 0 Å². The zero-order valence-corrected chi connectivity index (χ0v) is 15.8. The Labute approximate surface area is 152 Å². The summed E-state index contributed by atoms with van der Waals surface area (Å²) < 4.78 is 0. The molecule has 2 aromatic carbocycles. The van der Waals surface area contributed by atoms with Gasteiger partial charge in [-0.2, -0.15) is 0 Å². The Hall–Kier alpha value is -2.32. The number of para-hydroxylation sites is 1. The van der Waals surface area contributed by atoms with Crippen LogP contribution in [-0.4, -0.2) is 23.0 Å². The normalized spacial score (nSPS) is 10.6. The van der Waals surface area contributed by atoms with E-state index in [1.165, 1.54) is 27.6 Å².